The van der Waals surface area contributed by atoms with Gasteiger partial charge in [0.05, 0.1) is 12.1 Å². The van der Waals surface area contributed by atoms with Crippen molar-refractivity contribution in [1.82, 2.24) is 9.88 Å². The molecule has 0 spiro atoms. The fourth-order valence-corrected chi connectivity index (χ4v) is 0.816. The highest BCUT2D eigenvalue weighted by atomic mass is 15.0. The number of hydrogen-bond acceptors (Lipinski definition) is 3. The van der Waals surface area contributed by atoms with Gasteiger partial charge in [0.2, 0.25) is 0 Å². The first-order chi connectivity index (χ1) is 6.20. The molecular weight excluding hydrogens is 162 g/mol. The van der Waals surface area contributed by atoms with Gasteiger partial charge in [-0.2, -0.15) is 0 Å². The topological polar surface area (TPSA) is 42.2 Å². The molecule has 0 amide bonds. The summed E-state index contributed by atoms with van der Waals surface area (Å²) in [6.07, 6.45) is 1.66. The minimum Gasteiger partial charge on any atom is -0.383 e. The Morgan fingerprint density at radius 1 is 1.54 bits per heavy atom. The van der Waals surface area contributed by atoms with E-state index in [-0.39, 0.29) is 0 Å². The molecule has 0 fully saturated rings. The summed E-state index contributed by atoms with van der Waals surface area (Å²) in [5.74, 6) is 6.46. The molecule has 0 bridgehead atoms. The number of pyridine rings is 1. The van der Waals surface area contributed by atoms with Crippen molar-refractivity contribution in [3.63, 3.8) is 0 Å². The van der Waals surface area contributed by atoms with Crippen molar-refractivity contribution in [3.8, 4) is 11.8 Å². The largest absolute Gasteiger partial charge is 0.383 e. The maximum absolute atomic E-state index is 5.61. The molecule has 1 rings (SSSR count). The Balaban J connectivity index is 2.72. The Bertz CT molecular complexity index is 334. The minimum absolute atomic E-state index is 0.494. The monoisotopic (exact) mass is 175 g/mol. The number of nitrogens with zero attached hydrogens (tertiary/aromatic N) is 2. The zero-order valence-corrected chi connectivity index (χ0v) is 7.91. The van der Waals surface area contributed by atoms with E-state index >= 15 is 0 Å². The van der Waals surface area contributed by atoms with Crippen LogP contribution in [-0.2, 0) is 0 Å². The summed E-state index contributed by atoms with van der Waals surface area (Å²) in [6.45, 7) is 0.730. The lowest BCUT2D eigenvalue weighted by molar-refractivity contribution is 0.464. The lowest BCUT2D eigenvalue weighted by Crippen LogP contribution is -2.10. The molecule has 0 aliphatic carbocycles. The normalized spacial score (nSPS) is 9.46. The second-order valence-corrected chi connectivity index (χ2v) is 2.98. The van der Waals surface area contributed by atoms with Crippen LogP contribution < -0.4 is 5.73 Å². The number of rotatable bonds is 1. The zero-order valence-electron chi connectivity index (χ0n) is 7.91. The summed E-state index contributed by atoms with van der Waals surface area (Å²) >= 11 is 0. The number of aromatic nitrogens is 1. The molecule has 1 aromatic heterocycles. The van der Waals surface area contributed by atoms with Crippen LogP contribution in [0.2, 0.25) is 0 Å². The number of nitrogens with two attached hydrogens (primary N) is 1. The Hall–Kier alpha value is -1.53. The molecule has 3 heteroatoms. The molecule has 0 aromatic carbocycles. The molecule has 0 aliphatic heterocycles. The summed E-state index contributed by atoms with van der Waals surface area (Å²) in [4.78, 5) is 5.94. The van der Waals surface area contributed by atoms with E-state index in [0.29, 0.717) is 5.82 Å². The number of hydrogen-bond donors (Lipinski definition) is 1. The maximum atomic E-state index is 5.61. The molecule has 1 aromatic rings. The highest BCUT2D eigenvalue weighted by Crippen LogP contribution is 2.03. The van der Waals surface area contributed by atoms with Crippen molar-refractivity contribution in [3.05, 3.63) is 23.9 Å². The molecule has 68 valence electrons. The van der Waals surface area contributed by atoms with Gasteiger partial charge in [-0.1, -0.05) is 11.8 Å². The van der Waals surface area contributed by atoms with Crippen molar-refractivity contribution in [2.24, 2.45) is 0 Å². The molecule has 0 unspecified atom stereocenters. The van der Waals surface area contributed by atoms with Crippen LogP contribution >= 0.6 is 0 Å². The zero-order chi connectivity index (χ0) is 9.68. The van der Waals surface area contributed by atoms with Crippen LogP contribution in [0.15, 0.2) is 18.3 Å². The molecule has 2 N–H and O–H groups in total. The molecule has 0 saturated heterocycles. The third-order valence-electron chi connectivity index (χ3n) is 1.46. The van der Waals surface area contributed by atoms with Gasteiger partial charge in [0.15, 0.2) is 0 Å². The van der Waals surface area contributed by atoms with Crippen LogP contribution in [0, 0.1) is 11.8 Å². The van der Waals surface area contributed by atoms with Crippen LogP contribution in [0.3, 0.4) is 0 Å². The Kier molecular flexibility index (Phi) is 3.30. The van der Waals surface area contributed by atoms with Gasteiger partial charge in [-0.3, -0.25) is 4.90 Å². The second-order valence-electron chi connectivity index (χ2n) is 2.98. The van der Waals surface area contributed by atoms with E-state index in [1.54, 1.807) is 6.20 Å². The lowest BCUT2D eigenvalue weighted by Gasteiger charge is -2.01. The smallest absolute Gasteiger partial charge is 0.139 e. The highest BCUT2D eigenvalue weighted by Gasteiger charge is 1.92. The quantitative estimate of drug-likeness (QED) is 0.635. The summed E-state index contributed by atoms with van der Waals surface area (Å²) < 4.78 is 0. The van der Waals surface area contributed by atoms with E-state index < -0.39 is 0 Å². The lowest BCUT2D eigenvalue weighted by atomic mass is 10.2. The first kappa shape index (κ1) is 9.56. The summed E-state index contributed by atoms with van der Waals surface area (Å²) in [5, 5.41) is 0. The van der Waals surface area contributed by atoms with Gasteiger partial charge < -0.3 is 5.73 Å². The van der Waals surface area contributed by atoms with E-state index in [9.17, 15) is 0 Å². The molecule has 3 nitrogen and oxygen atoms in total. The molecular formula is C10H13N3. The molecule has 0 atom stereocenters. The first-order valence-corrected chi connectivity index (χ1v) is 4.04. The van der Waals surface area contributed by atoms with Gasteiger partial charge >= 0.3 is 0 Å². The van der Waals surface area contributed by atoms with E-state index in [4.69, 9.17) is 5.73 Å². The molecule has 0 saturated carbocycles. The number of anilines is 1. The second kappa shape index (κ2) is 4.48. The summed E-state index contributed by atoms with van der Waals surface area (Å²) in [6, 6.07) is 3.70. The van der Waals surface area contributed by atoms with Gasteiger partial charge in [-0.15, -0.1) is 0 Å². The van der Waals surface area contributed by atoms with Gasteiger partial charge in [-0.25, -0.2) is 4.98 Å². The van der Waals surface area contributed by atoms with Gasteiger partial charge in [0, 0.05) is 6.20 Å². The third-order valence-corrected chi connectivity index (χ3v) is 1.46. The Morgan fingerprint density at radius 2 is 2.31 bits per heavy atom. The Labute approximate surface area is 78.6 Å². The molecule has 13 heavy (non-hydrogen) atoms. The average Bonchev–Trinajstić information content (AvgIpc) is 2.08. The van der Waals surface area contributed by atoms with Gasteiger partial charge in [0.1, 0.15) is 5.82 Å². The van der Waals surface area contributed by atoms with Gasteiger partial charge in [0.25, 0.3) is 0 Å². The summed E-state index contributed by atoms with van der Waals surface area (Å²) in [7, 11) is 3.95. The van der Waals surface area contributed by atoms with Crippen LogP contribution in [0.5, 0.6) is 0 Å². The Morgan fingerprint density at radius 3 is 2.92 bits per heavy atom. The van der Waals surface area contributed by atoms with Crippen LogP contribution in [0.1, 0.15) is 5.56 Å². The van der Waals surface area contributed by atoms with E-state index in [1.807, 2.05) is 31.1 Å². The fourth-order valence-electron chi connectivity index (χ4n) is 0.816. The van der Waals surface area contributed by atoms with Crippen LogP contribution in [0.4, 0.5) is 5.82 Å². The van der Waals surface area contributed by atoms with Crippen molar-refractivity contribution in [2.75, 3.05) is 26.4 Å². The van der Waals surface area contributed by atoms with E-state index in [1.165, 1.54) is 0 Å². The van der Waals surface area contributed by atoms with Crippen molar-refractivity contribution in [1.29, 1.82) is 0 Å². The number of nitrogen functional groups attached to an aromatic ring is 1. The standard InChI is InChI=1S/C10H13N3/c1-13(2)8-4-6-9-5-3-7-12-10(9)11/h3,5,7H,8H2,1-2H3,(H2,11,12). The van der Waals surface area contributed by atoms with Crippen LogP contribution in [-0.4, -0.2) is 30.5 Å². The maximum Gasteiger partial charge on any atom is 0.139 e. The first-order valence-electron chi connectivity index (χ1n) is 4.04. The minimum atomic E-state index is 0.494. The predicted octanol–water partition coefficient (Wildman–Crippen LogP) is 0.577. The SMILES string of the molecule is CN(C)CC#Cc1cccnc1N. The molecule has 1 heterocycles. The summed E-state index contributed by atoms with van der Waals surface area (Å²) in [5.41, 5.74) is 6.41. The van der Waals surface area contributed by atoms with E-state index in [0.717, 1.165) is 12.1 Å². The highest BCUT2D eigenvalue weighted by molar-refractivity contribution is 5.50. The van der Waals surface area contributed by atoms with Gasteiger partial charge in [-0.05, 0) is 26.2 Å². The van der Waals surface area contributed by atoms with E-state index in [2.05, 4.69) is 16.8 Å². The average molecular weight is 175 g/mol. The van der Waals surface area contributed by atoms with Crippen LogP contribution in [0.25, 0.3) is 0 Å². The van der Waals surface area contributed by atoms with Crippen molar-refractivity contribution >= 4 is 5.82 Å². The van der Waals surface area contributed by atoms with Crippen molar-refractivity contribution < 1.29 is 0 Å². The van der Waals surface area contributed by atoms with Crippen molar-refractivity contribution in [2.45, 2.75) is 0 Å². The third kappa shape index (κ3) is 3.14. The predicted molar refractivity (Wildman–Crippen MR) is 54.1 cm³/mol. The molecule has 0 aliphatic rings. The fraction of sp³-hybridized carbons (Fsp3) is 0.300. The molecule has 0 radical (unpaired) electrons.